The maximum absolute atomic E-state index is 13.2. The number of carbonyl (C=O) groups is 1. The predicted molar refractivity (Wildman–Crippen MR) is 126 cm³/mol. The highest BCUT2D eigenvalue weighted by molar-refractivity contribution is 5.80. The Labute approximate surface area is 197 Å². The molecule has 4 saturated heterocycles. The van der Waals surface area contributed by atoms with Crippen LogP contribution >= 0.6 is 0 Å². The van der Waals surface area contributed by atoms with Crippen molar-refractivity contribution >= 4 is 5.91 Å². The molecular weight excluding hydrogens is 422 g/mol. The molecule has 0 spiro atoms. The van der Waals surface area contributed by atoms with Crippen LogP contribution in [0.2, 0.25) is 0 Å². The molecule has 5 fully saturated rings. The summed E-state index contributed by atoms with van der Waals surface area (Å²) in [6.45, 7) is 9.30. The molecule has 1 saturated carbocycles. The van der Waals surface area contributed by atoms with Crippen LogP contribution in [0.25, 0.3) is 0 Å². The third kappa shape index (κ3) is 5.68. The number of carbonyl (C=O) groups excluding carboxylic acids is 1. The maximum atomic E-state index is 13.2. The monoisotopic (exact) mass is 465 g/mol. The van der Waals surface area contributed by atoms with Crippen molar-refractivity contribution in [2.24, 2.45) is 11.8 Å². The molecule has 1 amide bonds. The quantitative estimate of drug-likeness (QED) is 0.215. The summed E-state index contributed by atoms with van der Waals surface area (Å²) in [5.41, 5.74) is 7.16. The first-order valence-corrected chi connectivity index (χ1v) is 12.9. The van der Waals surface area contributed by atoms with Crippen LogP contribution in [0.3, 0.4) is 0 Å². The minimum Gasteiger partial charge on any atom is -0.378 e. The molecule has 0 radical (unpaired) electrons. The van der Waals surface area contributed by atoms with Crippen LogP contribution < -0.4 is 37.4 Å². The average Bonchev–Trinajstić information content (AvgIpc) is 3.39. The Balaban J connectivity index is 1.04. The fraction of sp³-hybridized carbons (Fsp3) is 0.955. The first-order valence-electron chi connectivity index (χ1n) is 12.9. The first kappa shape index (κ1) is 23.8. The Kier molecular flexibility index (Phi) is 7.80. The van der Waals surface area contributed by atoms with Gasteiger partial charge in [0.2, 0.25) is 5.91 Å². The fourth-order valence-corrected chi connectivity index (χ4v) is 6.34. The van der Waals surface area contributed by atoms with Crippen LogP contribution in [0.5, 0.6) is 0 Å². The number of hydrogen-bond donors (Lipinski definition) is 7. The zero-order valence-electron chi connectivity index (χ0n) is 20.1. The molecule has 4 aliphatic heterocycles. The van der Waals surface area contributed by atoms with Gasteiger partial charge in [0.1, 0.15) is 6.29 Å². The summed E-state index contributed by atoms with van der Waals surface area (Å²) < 4.78 is 6.01. The maximum Gasteiger partial charge on any atom is 0.226 e. The van der Waals surface area contributed by atoms with E-state index < -0.39 is 0 Å². The van der Waals surface area contributed by atoms with E-state index in [-0.39, 0.29) is 30.3 Å². The second kappa shape index (κ2) is 10.8. The Hall–Kier alpha value is -0.890. The number of hydrogen-bond acceptors (Lipinski definition) is 10. The van der Waals surface area contributed by atoms with Crippen molar-refractivity contribution in [2.45, 2.75) is 62.7 Å². The van der Waals surface area contributed by atoms with Gasteiger partial charge in [0, 0.05) is 77.6 Å². The van der Waals surface area contributed by atoms with Crippen molar-refractivity contribution in [1.82, 2.24) is 47.5 Å². The standard InChI is InChI=1S/C22H43N9O2/c1-3-33-20-8-19-14(13-30(2)29-19)6-18(20)21(32)27-16-10-25-22(26-11-16)24-9-15-7-17-12-23-4-5-31(17)28-15/h14-20,22-26,28-29H,3-13H2,1-2H3,(H,27,32). The van der Waals surface area contributed by atoms with E-state index in [2.05, 4.69) is 54.5 Å². The molecule has 0 aromatic carbocycles. The van der Waals surface area contributed by atoms with E-state index in [9.17, 15) is 4.79 Å². The summed E-state index contributed by atoms with van der Waals surface area (Å²) in [5, 5.41) is 21.9. The summed E-state index contributed by atoms with van der Waals surface area (Å²) in [6, 6.07) is 1.58. The highest BCUT2D eigenvalue weighted by atomic mass is 16.5. The Morgan fingerprint density at radius 3 is 2.76 bits per heavy atom. The van der Waals surface area contributed by atoms with Crippen LogP contribution in [0, 0.1) is 11.8 Å². The van der Waals surface area contributed by atoms with Crippen molar-refractivity contribution in [3.63, 3.8) is 0 Å². The fourth-order valence-electron chi connectivity index (χ4n) is 6.34. The van der Waals surface area contributed by atoms with Gasteiger partial charge in [-0.05, 0) is 32.1 Å². The summed E-state index contributed by atoms with van der Waals surface area (Å²) in [4.78, 5) is 13.2. The van der Waals surface area contributed by atoms with Crippen LogP contribution in [0.4, 0.5) is 0 Å². The SMILES string of the molecule is CCOC1CC2NN(C)CC2CC1C(=O)NC1CNC(NCC2CC3CNCCN3N2)NC1. The zero-order chi connectivity index (χ0) is 22.8. The number of hydrazine groups is 2. The van der Waals surface area contributed by atoms with Gasteiger partial charge in [-0.3, -0.25) is 31.6 Å². The minimum atomic E-state index is -0.0724. The lowest BCUT2D eigenvalue weighted by atomic mass is 9.76. The molecule has 0 aromatic heterocycles. The van der Waals surface area contributed by atoms with Gasteiger partial charge in [-0.15, -0.1) is 0 Å². The number of nitrogens with one attached hydrogen (secondary N) is 7. The summed E-state index contributed by atoms with van der Waals surface area (Å²) in [5.74, 6) is 0.581. The van der Waals surface area contributed by atoms with E-state index in [1.807, 2.05) is 6.92 Å². The van der Waals surface area contributed by atoms with Crippen LogP contribution in [-0.2, 0) is 9.53 Å². The summed E-state index contributed by atoms with van der Waals surface area (Å²) in [6.07, 6.45) is 3.02. The third-order valence-electron chi connectivity index (χ3n) is 7.98. The van der Waals surface area contributed by atoms with Crippen LogP contribution in [-0.4, -0.2) is 112 Å². The Bertz CT molecular complexity index is 648. The van der Waals surface area contributed by atoms with Gasteiger partial charge in [-0.2, -0.15) is 0 Å². The van der Waals surface area contributed by atoms with Gasteiger partial charge in [0.25, 0.3) is 0 Å². The van der Waals surface area contributed by atoms with E-state index in [0.29, 0.717) is 30.7 Å². The van der Waals surface area contributed by atoms with E-state index >= 15 is 0 Å². The van der Waals surface area contributed by atoms with Gasteiger partial charge >= 0.3 is 0 Å². The molecule has 11 heteroatoms. The second-order valence-corrected chi connectivity index (χ2v) is 10.4. The second-order valence-electron chi connectivity index (χ2n) is 10.4. The molecule has 6 unspecified atom stereocenters. The van der Waals surface area contributed by atoms with Crippen LogP contribution in [0.15, 0.2) is 0 Å². The predicted octanol–water partition coefficient (Wildman–Crippen LogP) is -2.66. The lowest BCUT2D eigenvalue weighted by Crippen LogP contribution is -2.66. The molecule has 5 aliphatic rings. The van der Waals surface area contributed by atoms with Gasteiger partial charge in [-0.1, -0.05) is 0 Å². The molecule has 4 heterocycles. The number of amides is 1. The lowest BCUT2D eigenvalue weighted by molar-refractivity contribution is -0.134. The van der Waals surface area contributed by atoms with Crippen molar-refractivity contribution in [1.29, 1.82) is 0 Å². The van der Waals surface area contributed by atoms with E-state index in [1.54, 1.807) is 0 Å². The minimum absolute atomic E-state index is 0.0114. The number of piperazine rings is 1. The molecule has 188 valence electrons. The van der Waals surface area contributed by atoms with E-state index in [1.165, 1.54) is 6.42 Å². The molecule has 0 aromatic rings. The number of nitrogens with zero attached hydrogens (tertiary/aromatic N) is 2. The van der Waals surface area contributed by atoms with Crippen molar-refractivity contribution in [3.05, 3.63) is 0 Å². The molecule has 5 rings (SSSR count). The first-order chi connectivity index (χ1) is 16.1. The molecule has 0 bridgehead atoms. The Morgan fingerprint density at radius 2 is 1.97 bits per heavy atom. The van der Waals surface area contributed by atoms with Gasteiger partial charge in [0.05, 0.1) is 18.1 Å². The molecule has 7 N–H and O–H groups in total. The molecular formula is C22H43N9O2. The summed E-state index contributed by atoms with van der Waals surface area (Å²) >= 11 is 0. The number of rotatable bonds is 7. The normalized spacial score (nSPS) is 42.1. The molecule has 6 atom stereocenters. The van der Waals surface area contributed by atoms with Gasteiger partial charge in [0.15, 0.2) is 0 Å². The van der Waals surface area contributed by atoms with Crippen LogP contribution in [0.1, 0.15) is 26.2 Å². The zero-order valence-corrected chi connectivity index (χ0v) is 20.1. The molecule has 1 aliphatic carbocycles. The summed E-state index contributed by atoms with van der Waals surface area (Å²) in [7, 11) is 2.08. The highest BCUT2D eigenvalue weighted by Gasteiger charge is 2.44. The van der Waals surface area contributed by atoms with Gasteiger partial charge < -0.3 is 15.4 Å². The van der Waals surface area contributed by atoms with E-state index in [0.717, 1.165) is 58.7 Å². The molecule has 11 nitrogen and oxygen atoms in total. The molecule has 33 heavy (non-hydrogen) atoms. The third-order valence-corrected chi connectivity index (χ3v) is 7.98. The average molecular weight is 466 g/mol. The largest absolute Gasteiger partial charge is 0.378 e. The highest BCUT2D eigenvalue weighted by Crippen LogP contribution is 2.35. The van der Waals surface area contributed by atoms with Crippen molar-refractivity contribution < 1.29 is 9.53 Å². The van der Waals surface area contributed by atoms with E-state index in [4.69, 9.17) is 4.74 Å². The topological polar surface area (TPSA) is 117 Å². The van der Waals surface area contributed by atoms with Gasteiger partial charge in [-0.25, -0.2) is 10.0 Å². The van der Waals surface area contributed by atoms with Crippen molar-refractivity contribution in [2.75, 3.05) is 59.5 Å². The number of ether oxygens (including phenoxy) is 1. The Morgan fingerprint density at radius 1 is 1.12 bits per heavy atom. The van der Waals surface area contributed by atoms with Crippen molar-refractivity contribution in [3.8, 4) is 0 Å². The lowest BCUT2D eigenvalue weighted by Gasteiger charge is -2.38. The smallest absolute Gasteiger partial charge is 0.226 e. The number of fused-ring (bicyclic) bond motifs is 2.